The molecule has 0 radical (unpaired) electrons. The van der Waals surface area contributed by atoms with Gasteiger partial charge in [0.05, 0.1) is 26.4 Å². The van der Waals surface area contributed by atoms with Crippen LogP contribution in [0.5, 0.6) is 0 Å². The second kappa shape index (κ2) is 15.6. The SMILES string of the molecule is OC[C@H]1O[C@H](O[C@H]2[C@H](O)[C@@H](O)[C@H](O)O[C@@H]2CO[C@@H]2O[C@H](CO)[C@@H](O[C@H]3O[C@H](CO)[C@@H](O)[C@H](O)[C@H]3O)[C@H](O)[C@H]2O)[C@H](O)[C@@H](O)[C@@H]1O. The van der Waals surface area contributed by atoms with Crippen LogP contribution in [0.4, 0.5) is 0 Å². The Labute approximate surface area is 254 Å². The second-order valence-corrected chi connectivity index (χ2v) is 11.2. The maximum atomic E-state index is 10.8. The Morgan fingerprint density at radius 1 is 0.378 bits per heavy atom. The predicted octanol–water partition coefficient (Wildman–Crippen LogP) is -9.75. The first-order valence-corrected chi connectivity index (χ1v) is 14.1. The van der Waals surface area contributed by atoms with E-state index < -0.39 is 149 Å². The molecule has 0 aromatic heterocycles. The third kappa shape index (κ3) is 7.59. The highest BCUT2D eigenvalue weighted by Gasteiger charge is 2.53. The lowest BCUT2D eigenvalue weighted by Gasteiger charge is -2.47. The Morgan fingerprint density at radius 3 is 1.24 bits per heavy atom. The van der Waals surface area contributed by atoms with Crippen LogP contribution in [0.25, 0.3) is 0 Å². The Kier molecular flexibility index (Phi) is 12.8. The van der Waals surface area contributed by atoms with Crippen molar-refractivity contribution in [2.24, 2.45) is 0 Å². The summed E-state index contributed by atoms with van der Waals surface area (Å²) < 4.78 is 37.7. The molecule has 4 aliphatic heterocycles. The maximum Gasteiger partial charge on any atom is 0.187 e. The van der Waals surface area contributed by atoms with Crippen LogP contribution >= 0.6 is 0 Å². The first-order valence-electron chi connectivity index (χ1n) is 14.1. The highest BCUT2D eigenvalue weighted by atomic mass is 16.8. The van der Waals surface area contributed by atoms with E-state index in [0.29, 0.717) is 0 Å². The van der Waals surface area contributed by atoms with Crippen LogP contribution < -0.4 is 0 Å². The standard InChI is InChI=1S/C24H42O21/c25-1-5-9(28)11(30)16(35)23(41-5)44-19-7(3-27)43-22(18(37)14(19)33)39-4-8-20(13(32)15(34)21(38)40-8)45-24-17(36)12(31)10(29)6(2-26)42-24/h5-38H,1-4H2/t5-,6-,7-,8-,9-,10-,11+,12+,13-,14-,15-,16-,17-,18-,19-,20-,21-,22-,23-,24-/m1/s1. The molecule has 4 saturated heterocycles. The summed E-state index contributed by atoms with van der Waals surface area (Å²) in [5.74, 6) is 0. The molecule has 4 rings (SSSR count). The van der Waals surface area contributed by atoms with Gasteiger partial charge in [-0.1, -0.05) is 0 Å². The lowest BCUT2D eigenvalue weighted by molar-refractivity contribution is -0.372. The molecule has 4 heterocycles. The third-order valence-electron chi connectivity index (χ3n) is 8.18. The fraction of sp³-hybridized carbons (Fsp3) is 1.00. The van der Waals surface area contributed by atoms with Crippen LogP contribution in [0.1, 0.15) is 0 Å². The topological polar surface area (TPSA) is 348 Å². The van der Waals surface area contributed by atoms with Crippen molar-refractivity contribution in [3.05, 3.63) is 0 Å². The van der Waals surface area contributed by atoms with Gasteiger partial charge in [0.2, 0.25) is 0 Å². The van der Waals surface area contributed by atoms with E-state index in [1.165, 1.54) is 0 Å². The van der Waals surface area contributed by atoms with Gasteiger partial charge in [-0.15, -0.1) is 0 Å². The second-order valence-electron chi connectivity index (χ2n) is 11.2. The lowest BCUT2D eigenvalue weighted by Crippen LogP contribution is -2.66. The molecule has 21 heteroatoms. The van der Waals surface area contributed by atoms with Crippen LogP contribution in [-0.4, -0.2) is 221 Å². The third-order valence-corrected chi connectivity index (χ3v) is 8.18. The molecule has 0 amide bonds. The van der Waals surface area contributed by atoms with Gasteiger partial charge in [0.1, 0.15) is 97.7 Å². The molecule has 0 aliphatic carbocycles. The lowest BCUT2D eigenvalue weighted by atomic mass is 9.96. The smallest absolute Gasteiger partial charge is 0.187 e. The van der Waals surface area contributed by atoms with Gasteiger partial charge in [0, 0.05) is 0 Å². The van der Waals surface area contributed by atoms with Crippen molar-refractivity contribution in [1.82, 2.24) is 0 Å². The summed E-state index contributed by atoms with van der Waals surface area (Å²) in [4.78, 5) is 0. The average molecular weight is 667 g/mol. The summed E-state index contributed by atoms with van der Waals surface area (Å²) in [5, 5.41) is 142. The zero-order chi connectivity index (χ0) is 33.3. The average Bonchev–Trinajstić information content (AvgIpc) is 3.03. The molecule has 0 spiro atoms. The minimum Gasteiger partial charge on any atom is -0.394 e. The highest BCUT2D eigenvalue weighted by molar-refractivity contribution is 4.96. The van der Waals surface area contributed by atoms with E-state index in [-0.39, 0.29) is 0 Å². The summed E-state index contributed by atoms with van der Waals surface area (Å²) in [6.07, 6.45) is -35.0. The number of aliphatic hydroxyl groups is 14. The fourth-order valence-corrected chi connectivity index (χ4v) is 5.44. The molecule has 20 atom stereocenters. The number of aliphatic hydroxyl groups excluding tert-OH is 14. The molecule has 4 aliphatic rings. The van der Waals surface area contributed by atoms with Crippen molar-refractivity contribution in [2.45, 2.75) is 123 Å². The van der Waals surface area contributed by atoms with Crippen LogP contribution in [0.2, 0.25) is 0 Å². The fourth-order valence-electron chi connectivity index (χ4n) is 5.44. The van der Waals surface area contributed by atoms with Crippen molar-refractivity contribution in [3.63, 3.8) is 0 Å². The summed E-state index contributed by atoms with van der Waals surface area (Å²) in [6, 6.07) is 0. The minimum atomic E-state index is -1.99. The number of hydrogen-bond acceptors (Lipinski definition) is 21. The Bertz CT molecular complexity index is 912. The van der Waals surface area contributed by atoms with Crippen LogP contribution in [0.3, 0.4) is 0 Å². The zero-order valence-corrected chi connectivity index (χ0v) is 23.5. The minimum absolute atomic E-state index is 0.728. The zero-order valence-electron chi connectivity index (χ0n) is 23.5. The van der Waals surface area contributed by atoms with Gasteiger partial charge in [-0.3, -0.25) is 0 Å². The van der Waals surface area contributed by atoms with Crippen LogP contribution in [-0.2, 0) is 33.2 Å². The number of hydrogen-bond donors (Lipinski definition) is 14. The van der Waals surface area contributed by atoms with Crippen molar-refractivity contribution in [2.75, 3.05) is 26.4 Å². The van der Waals surface area contributed by atoms with E-state index in [4.69, 9.17) is 33.2 Å². The molecule has 0 saturated carbocycles. The van der Waals surface area contributed by atoms with E-state index in [9.17, 15) is 71.5 Å². The molecule has 0 bridgehead atoms. The largest absolute Gasteiger partial charge is 0.394 e. The molecule has 0 unspecified atom stereocenters. The van der Waals surface area contributed by atoms with Crippen molar-refractivity contribution in [3.8, 4) is 0 Å². The summed E-state index contributed by atoms with van der Waals surface area (Å²) >= 11 is 0. The van der Waals surface area contributed by atoms with E-state index >= 15 is 0 Å². The Morgan fingerprint density at radius 2 is 0.778 bits per heavy atom. The molecule has 21 nitrogen and oxygen atoms in total. The van der Waals surface area contributed by atoms with E-state index in [2.05, 4.69) is 0 Å². The molecule has 264 valence electrons. The van der Waals surface area contributed by atoms with Gasteiger partial charge in [0.25, 0.3) is 0 Å². The molecule has 4 fully saturated rings. The van der Waals surface area contributed by atoms with Gasteiger partial charge in [-0.2, -0.15) is 0 Å². The van der Waals surface area contributed by atoms with Gasteiger partial charge >= 0.3 is 0 Å². The van der Waals surface area contributed by atoms with E-state index in [1.54, 1.807) is 0 Å². The number of ether oxygens (including phenoxy) is 7. The molecular weight excluding hydrogens is 624 g/mol. The predicted molar refractivity (Wildman–Crippen MR) is 134 cm³/mol. The summed E-state index contributed by atoms with van der Waals surface area (Å²) in [7, 11) is 0. The van der Waals surface area contributed by atoms with Crippen LogP contribution in [0.15, 0.2) is 0 Å². The quantitative estimate of drug-likeness (QED) is 0.103. The first-order chi connectivity index (χ1) is 21.2. The normalized spacial score (nSPS) is 52.9. The highest BCUT2D eigenvalue weighted by Crippen LogP contribution is 2.32. The Hall–Kier alpha value is -0.840. The Balaban J connectivity index is 1.43. The van der Waals surface area contributed by atoms with Gasteiger partial charge < -0.3 is 105 Å². The molecule has 0 aromatic carbocycles. The summed E-state index contributed by atoms with van der Waals surface area (Å²) in [6.45, 7) is -3.16. The summed E-state index contributed by atoms with van der Waals surface area (Å²) in [5.41, 5.74) is 0. The first kappa shape index (κ1) is 37.0. The molecule has 45 heavy (non-hydrogen) atoms. The van der Waals surface area contributed by atoms with Crippen LogP contribution in [0, 0.1) is 0 Å². The van der Waals surface area contributed by atoms with Crippen molar-refractivity contribution in [1.29, 1.82) is 0 Å². The van der Waals surface area contributed by atoms with Gasteiger partial charge in [-0.05, 0) is 0 Å². The van der Waals surface area contributed by atoms with Gasteiger partial charge in [-0.25, -0.2) is 0 Å². The maximum absolute atomic E-state index is 10.8. The van der Waals surface area contributed by atoms with E-state index in [1.807, 2.05) is 0 Å². The van der Waals surface area contributed by atoms with Gasteiger partial charge in [0.15, 0.2) is 25.2 Å². The molecule has 14 N–H and O–H groups in total. The van der Waals surface area contributed by atoms with E-state index in [0.717, 1.165) is 0 Å². The number of rotatable bonds is 10. The molecular formula is C24H42O21. The monoisotopic (exact) mass is 666 g/mol. The molecule has 0 aromatic rings. The van der Waals surface area contributed by atoms with Crippen molar-refractivity contribution < 1.29 is 105 Å². The van der Waals surface area contributed by atoms with Crippen molar-refractivity contribution >= 4 is 0 Å².